The number of rotatable bonds is 4. The number of nitrogens with zero attached hydrogens (tertiary/aromatic N) is 2. The Morgan fingerprint density at radius 3 is 2.50 bits per heavy atom. The van der Waals surface area contributed by atoms with Gasteiger partial charge in [-0.3, -0.25) is 0 Å². The van der Waals surface area contributed by atoms with Crippen LogP contribution in [0.2, 0.25) is 0 Å². The molecule has 0 aliphatic heterocycles. The van der Waals surface area contributed by atoms with E-state index in [-0.39, 0.29) is 17.1 Å². The van der Waals surface area contributed by atoms with Crippen LogP contribution in [0.1, 0.15) is 0 Å². The molecule has 82 valence electrons. The highest BCUT2D eigenvalue weighted by atomic mass is 32.2. The fourth-order valence-corrected chi connectivity index (χ4v) is 1.19. The summed E-state index contributed by atoms with van der Waals surface area (Å²) in [7, 11) is 0. The largest absolute Gasteiger partial charge is 0.740 e. The number of isocyanates is 2. The van der Waals surface area contributed by atoms with Crippen molar-refractivity contribution in [3.8, 4) is 5.75 Å². The van der Waals surface area contributed by atoms with Crippen LogP contribution in [0, 0.1) is 0 Å². The molecular formula is C8H3N2O5S-. The first-order valence-electron chi connectivity index (χ1n) is 3.74. The van der Waals surface area contributed by atoms with Crippen molar-refractivity contribution >= 4 is 34.9 Å². The summed E-state index contributed by atoms with van der Waals surface area (Å²) >= 11 is -2.82. The second-order valence-corrected chi connectivity index (χ2v) is 2.92. The minimum atomic E-state index is -2.82. The van der Waals surface area contributed by atoms with Crippen molar-refractivity contribution in [1.82, 2.24) is 0 Å². The molecule has 1 unspecified atom stereocenters. The highest BCUT2D eigenvalue weighted by Gasteiger charge is 2.05. The summed E-state index contributed by atoms with van der Waals surface area (Å²) in [5.41, 5.74) is 0.0874. The fourth-order valence-electron chi connectivity index (χ4n) is 0.907. The Labute approximate surface area is 92.0 Å². The predicted molar refractivity (Wildman–Crippen MR) is 51.6 cm³/mol. The lowest BCUT2D eigenvalue weighted by atomic mass is 10.2. The molecule has 0 saturated carbocycles. The third kappa shape index (κ3) is 3.23. The van der Waals surface area contributed by atoms with Crippen LogP contribution >= 0.6 is 0 Å². The van der Waals surface area contributed by atoms with E-state index in [0.717, 1.165) is 6.07 Å². The van der Waals surface area contributed by atoms with Crippen LogP contribution in [-0.4, -0.2) is 20.9 Å². The van der Waals surface area contributed by atoms with Crippen molar-refractivity contribution < 1.29 is 22.5 Å². The zero-order valence-electron chi connectivity index (χ0n) is 7.58. The van der Waals surface area contributed by atoms with Crippen molar-refractivity contribution in [2.24, 2.45) is 9.98 Å². The molecule has 0 heterocycles. The first-order valence-corrected chi connectivity index (χ1v) is 4.74. The standard InChI is InChI=1S/C8H4N2O5S/c11-4-9-6-1-2-7(10-5-12)8(3-6)15-16(13)14/h1-3H,(H,13,14)/p-1. The van der Waals surface area contributed by atoms with E-state index >= 15 is 0 Å². The van der Waals surface area contributed by atoms with Crippen LogP contribution in [0.3, 0.4) is 0 Å². The maximum Gasteiger partial charge on any atom is 0.240 e. The molecule has 0 aliphatic rings. The topological polar surface area (TPSA) is 108 Å². The summed E-state index contributed by atoms with van der Waals surface area (Å²) in [4.78, 5) is 26.5. The van der Waals surface area contributed by atoms with Crippen LogP contribution < -0.4 is 4.18 Å². The number of carbonyl (C=O) groups excluding carboxylic acids is 2. The maximum atomic E-state index is 10.3. The van der Waals surface area contributed by atoms with E-state index in [0.29, 0.717) is 0 Å². The molecule has 1 aromatic carbocycles. The molecule has 0 bridgehead atoms. The van der Waals surface area contributed by atoms with E-state index in [2.05, 4.69) is 14.2 Å². The molecule has 0 aliphatic carbocycles. The van der Waals surface area contributed by atoms with Gasteiger partial charge in [-0.1, -0.05) is 0 Å². The zero-order valence-corrected chi connectivity index (χ0v) is 8.39. The van der Waals surface area contributed by atoms with Gasteiger partial charge in [0, 0.05) is 6.07 Å². The lowest BCUT2D eigenvalue weighted by molar-refractivity contribution is 0.441. The summed E-state index contributed by atoms with van der Waals surface area (Å²) in [5, 5.41) is 0. The molecule has 0 amide bonds. The smallest absolute Gasteiger partial charge is 0.240 e. The summed E-state index contributed by atoms with van der Waals surface area (Å²) in [5.74, 6) is -0.229. The third-order valence-electron chi connectivity index (χ3n) is 1.44. The van der Waals surface area contributed by atoms with Gasteiger partial charge < -0.3 is 8.74 Å². The normalized spacial score (nSPS) is 10.8. The van der Waals surface area contributed by atoms with E-state index in [1.807, 2.05) is 0 Å². The van der Waals surface area contributed by atoms with Crippen LogP contribution in [0.5, 0.6) is 5.75 Å². The number of hydrogen-bond donors (Lipinski definition) is 0. The van der Waals surface area contributed by atoms with Crippen LogP contribution in [0.15, 0.2) is 28.2 Å². The molecule has 7 nitrogen and oxygen atoms in total. The zero-order chi connectivity index (χ0) is 12.0. The van der Waals surface area contributed by atoms with Crippen molar-refractivity contribution in [2.45, 2.75) is 0 Å². The summed E-state index contributed by atoms with van der Waals surface area (Å²) < 4.78 is 25.0. The van der Waals surface area contributed by atoms with Gasteiger partial charge in [0.2, 0.25) is 12.2 Å². The minimum absolute atomic E-state index is 0.0379. The van der Waals surface area contributed by atoms with E-state index in [1.165, 1.54) is 24.3 Å². The molecule has 0 radical (unpaired) electrons. The molecule has 0 aromatic heterocycles. The lowest BCUT2D eigenvalue weighted by Gasteiger charge is -2.08. The predicted octanol–water partition coefficient (Wildman–Crippen LogP) is 0.794. The van der Waals surface area contributed by atoms with Crippen LogP contribution in [0.25, 0.3) is 0 Å². The van der Waals surface area contributed by atoms with Crippen molar-refractivity contribution in [2.75, 3.05) is 0 Å². The molecule has 8 heteroatoms. The monoisotopic (exact) mass is 239 g/mol. The van der Waals surface area contributed by atoms with Gasteiger partial charge in [-0.15, -0.1) is 0 Å². The van der Waals surface area contributed by atoms with Gasteiger partial charge in [0.05, 0.1) is 5.69 Å². The quantitative estimate of drug-likeness (QED) is 0.438. The van der Waals surface area contributed by atoms with Crippen LogP contribution in [0.4, 0.5) is 11.4 Å². The Kier molecular flexibility index (Phi) is 4.26. The van der Waals surface area contributed by atoms with E-state index in [1.54, 1.807) is 0 Å². The molecule has 0 saturated heterocycles. The van der Waals surface area contributed by atoms with Crippen molar-refractivity contribution in [1.29, 1.82) is 0 Å². The van der Waals surface area contributed by atoms with E-state index in [9.17, 15) is 18.4 Å². The summed E-state index contributed by atoms with van der Waals surface area (Å²) in [6.07, 6.45) is 2.51. The van der Waals surface area contributed by atoms with Gasteiger partial charge in [0.15, 0.2) is 5.75 Å². The first-order chi connectivity index (χ1) is 7.67. The fraction of sp³-hybridized carbons (Fsp3) is 0. The molecule has 0 N–H and O–H groups in total. The third-order valence-corrected chi connectivity index (χ3v) is 1.76. The Morgan fingerprint density at radius 1 is 1.25 bits per heavy atom. The van der Waals surface area contributed by atoms with E-state index < -0.39 is 11.4 Å². The second kappa shape index (κ2) is 5.69. The van der Waals surface area contributed by atoms with Gasteiger partial charge in [-0.25, -0.2) is 13.8 Å². The maximum absolute atomic E-state index is 10.3. The number of hydrogen-bond acceptors (Lipinski definition) is 7. The van der Waals surface area contributed by atoms with Crippen LogP contribution in [-0.2, 0) is 21.0 Å². The van der Waals surface area contributed by atoms with Gasteiger partial charge in [-0.05, 0) is 12.1 Å². The van der Waals surface area contributed by atoms with Gasteiger partial charge in [0.1, 0.15) is 17.0 Å². The molecule has 16 heavy (non-hydrogen) atoms. The van der Waals surface area contributed by atoms with E-state index in [4.69, 9.17) is 0 Å². The Morgan fingerprint density at radius 2 is 1.94 bits per heavy atom. The van der Waals surface area contributed by atoms with Gasteiger partial charge in [0.25, 0.3) is 0 Å². The average Bonchev–Trinajstić information content (AvgIpc) is 2.22. The molecule has 0 fully saturated rings. The summed E-state index contributed by atoms with van der Waals surface area (Å²) in [6.45, 7) is 0. The molecule has 0 spiro atoms. The first kappa shape index (κ1) is 12.0. The summed E-state index contributed by atoms with van der Waals surface area (Å²) in [6, 6.07) is 3.71. The Balaban J connectivity index is 3.24. The average molecular weight is 239 g/mol. The minimum Gasteiger partial charge on any atom is -0.740 e. The number of benzene rings is 1. The van der Waals surface area contributed by atoms with Gasteiger partial charge in [-0.2, -0.15) is 9.98 Å². The highest BCUT2D eigenvalue weighted by Crippen LogP contribution is 2.31. The molecular weight excluding hydrogens is 236 g/mol. The molecule has 1 rings (SSSR count). The molecule has 1 aromatic rings. The molecule has 1 atom stereocenters. The van der Waals surface area contributed by atoms with Crippen molar-refractivity contribution in [3.63, 3.8) is 0 Å². The number of aliphatic imine (C=N–C) groups is 2. The second-order valence-electron chi connectivity index (χ2n) is 2.35. The lowest BCUT2D eigenvalue weighted by Crippen LogP contribution is -1.97. The highest BCUT2D eigenvalue weighted by molar-refractivity contribution is 7.74. The van der Waals surface area contributed by atoms with Gasteiger partial charge >= 0.3 is 0 Å². The Hall–Kier alpha value is -2.11. The Bertz CT molecular complexity index is 517. The SMILES string of the molecule is O=C=Nc1ccc(N=C=O)c(OS(=O)[O-])c1. The van der Waals surface area contributed by atoms with Crippen molar-refractivity contribution in [3.05, 3.63) is 18.2 Å².